The highest BCUT2D eigenvalue weighted by Crippen LogP contribution is 2.32. The van der Waals surface area contributed by atoms with E-state index in [4.69, 9.17) is 5.73 Å². The van der Waals surface area contributed by atoms with Gasteiger partial charge >= 0.3 is 12.2 Å². The Morgan fingerprint density at radius 2 is 1.85 bits per heavy atom. The SMILES string of the molecule is Cc1cc2cc(NC(=O)Nc3nc(N)c(F)c(C(F)(F)F)n3)ccc2cn1. The molecule has 1 aromatic carbocycles. The van der Waals surface area contributed by atoms with Crippen LogP contribution in [0.3, 0.4) is 0 Å². The summed E-state index contributed by atoms with van der Waals surface area (Å²) >= 11 is 0. The third-order valence-electron chi connectivity index (χ3n) is 3.49. The number of nitrogens with zero attached hydrogens (tertiary/aromatic N) is 3. The van der Waals surface area contributed by atoms with E-state index in [1.807, 2.05) is 5.32 Å². The lowest BCUT2D eigenvalue weighted by molar-refractivity contribution is -0.143. The number of aromatic nitrogens is 3. The topological polar surface area (TPSA) is 106 Å². The van der Waals surface area contributed by atoms with Gasteiger partial charge in [0.25, 0.3) is 0 Å². The van der Waals surface area contributed by atoms with Gasteiger partial charge in [-0.3, -0.25) is 10.3 Å². The maximum Gasteiger partial charge on any atom is 0.436 e. The second-order valence-electron chi connectivity index (χ2n) is 5.56. The number of nitrogen functional groups attached to an aromatic ring is 1. The molecule has 27 heavy (non-hydrogen) atoms. The van der Waals surface area contributed by atoms with Gasteiger partial charge in [0.1, 0.15) is 0 Å². The Labute approximate surface area is 149 Å². The molecular formula is C16H12F4N6O. The van der Waals surface area contributed by atoms with E-state index in [1.165, 1.54) is 0 Å². The predicted octanol–water partition coefficient (Wildman–Crippen LogP) is 3.72. The van der Waals surface area contributed by atoms with Crippen LogP contribution in [0.1, 0.15) is 11.4 Å². The van der Waals surface area contributed by atoms with Crippen molar-refractivity contribution in [1.29, 1.82) is 0 Å². The molecule has 0 saturated heterocycles. The highest BCUT2D eigenvalue weighted by atomic mass is 19.4. The number of rotatable bonds is 2. The van der Waals surface area contributed by atoms with Crippen molar-refractivity contribution in [2.45, 2.75) is 13.1 Å². The van der Waals surface area contributed by atoms with Gasteiger partial charge < -0.3 is 11.1 Å². The molecule has 0 atom stereocenters. The van der Waals surface area contributed by atoms with Gasteiger partial charge in [0.15, 0.2) is 17.3 Å². The van der Waals surface area contributed by atoms with Crippen molar-refractivity contribution in [3.05, 3.63) is 47.7 Å². The summed E-state index contributed by atoms with van der Waals surface area (Å²) in [6.45, 7) is 1.81. The zero-order valence-corrected chi connectivity index (χ0v) is 13.7. The molecule has 0 radical (unpaired) electrons. The van der Waals surface area contributed by atoms with Gasteiger partial charge in [-0.25, -0.2) is 14.2 Å². The summed E-state index contributed by atoms with van der Waals surface area (Å²) < 4.78 is 51.7. The first kappa shape index (κ1) is 18.3. The van der Waals surface area contributed by atoms with Gasteiger partial charge in [-0.1, -0.05) is 6.07 Å². The zero-order chi connectivity index (χ0) is 19.8. The van der Waals surface area contributed by atoms with E-state index in [9.17, 15) is 22.4 Å². The lowest BCUT2D eigenvalue weighted by Crippen LogP contribution is -2.23. The summed E-state index contributed by atoms with van der Waals surface area (Å²) in [5.41, 5.74) is 4.41. The van der Waals surface area contributed by atoms with Crippen LogP contribution in [-0.4, -0.2) is 21.0 Å². The summed E-state index contributed by atoms with van der Waals surface area (Å²) in [6.07, 6.45) is -3.42. The molecular weight excluding hydrogens is 368 g/mol. The Hall–Kier alpha value is -3.50. The van der Waals surface area contributed by atoms with Crippen molar-refractivity contribution in [3.8, 4) is 0 Å². The van der Waals surface area contributed by atoms with Crippen molar-refractivity contribution in [2.24, 2.45) is 0 Å². The molecule has 0 fully saturated rings. The molecule has 140 valence electrons. The Morgan fingerprint density at radius 1 is 1.11 bits per heavy atom. The van der Waals surface area contributed by atoms with E-state index >= 15 is 0 Å². The number of carbonyl (C=O) groups is 1. The molecule has 0 bridgehead atoms. The number of carbonyl (C=O) groups excluding carboxylic acids is 1. The smallest absolute Gasteiger partial charge is 0.381 e. The number of alkyl halides is 3. The number of anilines is 3. The van der Waals surface area contributed by atoms with Gasteiger partial charge in [0.2, 0.25) is 5.95 Å². The lowest BCUT2D eigenvalue weighted by atomic mass is 10.1. The molecule has 0 saturated carbocycles. The summed E-state index contributed by atoms with van der Waals surface area (Å²) in [6, 6.07) is 5.84. The molecule has 0 unspecified atom stereocenters. The fourth-order valence-corrected chi connectivity index (χ4v) is 2.30. The molecule has 0 aliphatic heterocycles. The highest BCUT2D eigenvalue weighted by molar-refractivity contribution is 6.00. The van der Waals surface area contributed by atoms with Crippen LogP contribution < -0.4 is 16.4 Å². The second kappa shape index (κ2) is 6.67. The normalized spacial score (nSPS) is 11.4. The standard InChI is InChI=1S/C16H12F4N6O/c1-7-4-9-5-10(3-2-8(9)6-22-7)23-15(27)26-14-24-12(16(18,19)20)11(17)13(21)25-14/h2-6H,1H3,(H4,21,23,24,25,26,27). The van der Waals surface area contributed by atoms with Crippen LogP contribution in [0, 0.1) is 12.7 Å². The number of fused-ring (bicyclic) bond motifs is 1. The second-order valence-corrected chi connectivity index (χ2v) is 5.56. The number of halogens is 4. The number of pyridine rings is 1. The first-order valence-corrected chi connectivity index (χ1v) is 7.48. The Bertz CT molecular complexity index is 1040. The summed E-state index contributed by atoms with van der Waals surface area (Å²) in [5, 5.41) is 6.08. The monoisotopic (exact) mass is 380 g/mol. The molecule has 3 aromatic rings. The van der Waals surface area contributed by atoms with Crippen LogP contribution in [0.2, 0.25) is 0 Å². The molecule has 11 heteroatoms. The van der Waals surface area contributed by atoms with Crippen molar-refractivity contribution in [2.75, 3.05) is 16.4 Å². The van der Waals surface area contributed by atoms with Crippen LogP contribution in [0.25, 0.3) is 10.8 Å². The number of benzene rings is 1. The first-order valence-electron chi connectivity index (χ1n) is 7.48. The average Bonchev–Trinajstić information content (AvgIpc) is 2.56. The Morgan fingerprint density at radius 3 is 2.56 bits per heavy atom. The van der Waals surface area contributed by atoms with Crippen molar-refractivity contribution >= 4 is 34.3 Å². The van der Waals surface area contributed by atoms with Crippen molar-refractivity contribution < 1.29 is 22.4 Å². The molecule has 2 heterocycles. The van der Waals surface area contributed by atoms with Crippen LogP contribution in [0.15, 0.2) is 30.5 Å². The van der Waals surface area contributed by atoms with Crippen LogP contribution in [-0.2, 0) is 6.18 Å². The van der Waals surface area contributed by atoms with Crippen LogP contribution in [0.4, 0.5) is 39.8 Å². The molecule has 2 aromatic heterocycles. The molecule has 4 N–H and O–H groups in total. The Balaban J connectivity index is 1.81. The summed E-state index contributed by atoms with van der Waals surface area (Å²) in [5.74, 6) is -3.60. The average molecular weight is 380 g/mol. The Kier molecular flexibility index (Phi) is 4.52. The van der Waals surface area contributed by atoms with Gasteiger partial charge in [0, 0.05) is 23.0 Å². The van der Waals surface area contributed by atoms with E-state index < -0.39 is 35.5 Å². The number of aryl methyl sites for hydroxylation is 1. The summed E-state index contributed by atoms with van der Waals surface area (Å²) in [7, 11) is 0. The maximum atomic E-state index is 13.4. The fourth-order valence-electron chi connectivity index (χ4n) is 2.30. The molecule has 0 spiro atoms. The molecule has 2 amide bonds. The van der Waals surface area contributed by atoms with Crippen molar-refractivity contribution in [3.63, 3.8) is 0 Å². The van der Waals surface area contributed by atoms with Gasteiger partial charge in [-0.05, 0) is 30.5 Å². The highest BCUT2D eigenvalue weighted by Gasteiger charge is 2.38. The van der Waals surface area contributed by atoms with Gasteiger partial charge in [-0.15, -0.1) is 0 Å². The number of hydrogen-bond acceptors (Lipinski definition) is 5. The molecule has 3 rings (SSSR count). The predicted molar refractivity (Wildman–Crippen MR) is 90.5 cm³/mol. The number of nitrogens with one attached hydrogen (secondary N) is 2. The minimum atomic E-state index is -5.09. The maximum absolute atomic E-state index is 13.4. The quantitative estimate of drug-likeness (QED) is 0.588. The molecule has 7 nitrogen and oxygen atoms in total. The minimum Gasteiger partial charge on any atom is -0.381 e. The van der Waals surface area contributed by atoms with E-state index in [0.717, 1.165) is 16.5 Å². The third-order valence-corrected chi connectivity index (χ3v) is 3.49. The van der Waals surface area contributed by atoms with Gasteiger partial charge in [-0.2, -0.15) is 18.2 Å². The summed E-state index contributed by atoms with van der Waals surface area (Å²) in [4.78, 5) is 22.4. The van der Waals surface area contributed by atoms with E-state index in [1.54, 1.807) is 37.4 Å². The molecule has 0 aliphatic carbocycles. The number of urea groups is 1. The van der Waals surface area contributed by atoms with E-state index in [0.29, 0.717) is 5.69 Å². The van der Waals surface area contributed by atoms with Crippen LogP contribution in [0.5, 0.6) is 0 Å². The third kappa shape index (κ3) is 4.02. The fraction of sp³-hybridized carbons (Fsp3) is 0.125. The van der Waals surface area contributed by atoms with E-state index in [-0.39, 0.29) is 0 Å². The van der Waals surface area contributed by atoms with Crippen LogP contribution >= 0.6 is 0 Å². The van der Waals surface area contributed by atoms with E-state index in [2.05, 4.69) is 20.3 Å². The largest absolute Gasteiger partial charge is 0.436 e. The first-order chi connectivity index (χ1) is 12.6. The number of nitrogens with two attached hydrogens (primary N) is 1. The van der Waals surface area contributed by atoms with Crippen molar-refractivity contribution in [1.82, 2.24) is 15.0 Å². The lowest BCUT2D eigenvalue weighted by Gasteiger charge is -2.11. The van der Waals surface area contributed by atoms with Gasteiger partial charge in [0.05, 0.1) is 0 Å². The molecule has 0 aliphatic rings. The number of amides is 2. The minimum absolute atomic E-state index is 0.372. The zero-order valence-electron chi connectivity index (χ0n) is 13.7. The number of hydrogen-bond donors (Lipinski definition) is 3.